The minimum atomic E-state index is -1.42. The van der Waals surface area contributed by atoms with Crippen molar-refractivity contribution >= 4 is 23.1 Å². The second kappa shape index (κ2) is 5.87. The topological polar surface area (TPSA) is 99.3 Å². The Morgan fingerprint density at radius 2 is 2.08 bits per heavy atom. The summed E-state index contributed by atoms with van der Waals surface area (Å²) in [7, 11) is 0. The number of fused-ring (bicyclic) bond motifs is 1. The highest BCUT2D eigenvalue weighted by Gasteiger charge is 2.43. The average Bonchev–Trinajstić information content (AvgIpc) is 3.18. The molecule has 0 aliphatic carbocycles. The summed E-state index contributed by atoms with van der Waals surface area (Å²) in [6.45, 7) is 2.44. The van der Waals surface area contributed by atoms with Gasteiger partial charge in [-0.25, -0.2) is 4.98 Å². The van der Waals surface area contributed by atoms with Crippen molar-refractivity contribution in [2.45, 2.75) is 18.8 Å². The number of benzene rings is 2. The van der Waals surface area contributed by atoms with E-state index in [-0.39, 0.29) is 12.1 Å². The van der Waals surface area contributed by atoms with Crippen molar-refractivity contribution in [3.63, 3.8) is 0 Å². The summed E-state index contributed by atoms with van der Waals surface area (Å²) in [6.07, 6.45) is -1.47. The normalized spacial score (nSPS) is 23.0. The summed E-state index contributed by atoms with van der Waals surface area (Å²) in [5.41, 5.74) is 3.00. The predicted molar refractivity (Wildman–Crippen MR) is 88.8 cm³/mol. The molecule has 7 heteroatoms. The minimum absolute atomic E-state index is 0.0482. The lowest BCUT2D eigenvalue weighted by atomic mass is 9.97. The molecule has 1 aliphatic heterocycles. The lowest BCUT2D eigenvalue weighted by Crippen LogP contribution is -2.29. The maximum Gasteiger partial charge on any atom is 0.222 e. The van der Waals surface area contributed by atoms with Gasteiger partial charge in [-0.05, 0) is 19.1 Å². The van der Waals surface area contributed by atoms with E-state index in [1.54, 1.807) is 6.07 Å². The van der Waals surface area contributed by atoms with E-state index in [0.29, 0.717) is 17.6 Å². The van der Waals surface area contributed by atoms with Crippen LogP contribution in [0.5, 0.6) is 0 Å². The number of carbonyl (C=O) groups is 1. The number of H-pyrrole nitrogens is 1. The van der Waals surface area contributed by atoms with Crippen LogP contribution in [0.4, 0.5) is 10.7 Å². The maximum absolute atomic E-state index is 10.7. The number of anilines is 1. The Balaban J connectivity index is 1.81. The number of rotatable bonds is 3. The van der Waals surface area contributed by atoms with Gasteiger partial charge in [0, 0.05) is 11.1 Å². The third-order valence-corrected chi connectivity index (χ3v) is 4.12. The molecule has 25 heavy (non-hydrogen) atoms. The third-order valence-electron chi connectivity index (χ3n) is 4.12. The van der Waals surface area contributed by atoms with Crippen LogP contribution in [0.15, 0.2) is 48.5 Å². The number of aromatic nitrogens is 2. The van der Waals surface area contributed by atoms with Gasteiger partial charge in [-0.3, -0.25) is 0 Å². The van der Waals surface area contributed by atoms with Crippen molar-refractivity contribution in [2.75, 3.05) is 11.9 Å². The van der Waals surface area contributed by atoms with Crippen LogP contribution in [-0.2, 0) is 15.3 Å². The molecule has 1 aliphatic rings. The van der Waals surface area contributed by atoms with Crippen molar-refractivity contribution in [3.8, 4) is 0 Å². The van der Waals surface area contributed by atoms with Gasteiger partial charge in [-0.15, -0.1) is 0 Å². The van der Waals surface area contributed by atoms with E-state index in [0.717, 1.165) is 11.1 Å². The standard InChI is InChI=1S/C18H17N3O4/c1-11-10-24-18(25-11,12-5-3-2-4-6-12)13-7-8-14-15(9-13)20-16(19-14)21-17(22)23/h2-9,11H,10H2,1H3,(H,22,23)(H2,19,20,21)/p-1. The summed E-state index contributed by atoms with van der Waals surface area (Å²) in [6, 6.07) is 15.2. The molecule has 2 aromatic carbocycles. The maximum atomic E-state index is 10.7. The van der Waals surface area contributed by atoms with Crippen LogP contribution in [0.25, 0.3) is 11.0 Å². The molecule has 3 aromatic rings. The van der Waals surface area contributed by atoms with Gasteiger partial charge < -0.3 is 29.7 Å². The summed E-state index contributed by atoms with van der Waals surface area (Å²) in [5.74, 6) is -0.885. The van der Waals surface area contributed by atoms with E-state index in [1.165, 1.54) is 0 Å². The van der Waals surface area contributed by atoms with Crippen LogP contribution in [-0.4, -0.2) is 28.8 Å². The Morgan fingerprint density at radius 3 is 2.76 bits per heavy atom. The molecule has 2 N–H and O–H groups in total. The highest BCUT2D eigenvalue weighted by Crippen LogP contribution is 2.41. The summed E-state index contributed by atoms with van der Waals surface area (Å²) >= 11 is 0. The van der Waals surface area contributed by atoms with Crippen molar-refractivity contribution < 1.29 is 19.4 Å². The van der Waals surface area contributed by atoms with Gasteiger partial charge in [-0.2, -0.15) is 0 Å². The van der Waals surface area contributed by atoms with E-state index in [1.807, 2.05) is 49.4 Å². The first kappa shape index (κ1) is 15.6. The quantitative estimate of drug-likeness (QED) is 0.760. The number of carbonyl (C=O) groups excluding carboxylic acids is 1. The van der Waals surface area contributed by atoms with E-state index < -0.39 is 11.9 Å². The third kappa shape index (κ3) is 2.73. The molecule has 2 heterocycles. The van der Waals surface area contributed by atoms with Crippen molar-refractivity contribution in [1.82, 2.24) is 9.97 Å². The summed E-state index contributed by atoms with van der Waals surface area (Å²) < 4.78 is 12.2. The molecule has 128 valence electrons. The number of hydrogen-bond donors (Lipinski definition) is 2. The highest BCUT2D eigenvalue weighted by molar-refractivity contribution is 5.84. The predicted octanol–water partition coefficient (Wildman–Crippen LogP) is 1.95. The Bertz CT molecular complexity index is 924. The minimum Gasteiger partial charge on any atom is -0.530 e. The van der Waals surface area contributed by atoms with Gasteiger partial charge in [0.25, 0.3) is 0 Å². The molecule has 4 rings (SSSR count). The molecule has 2 unspecified atom stereocenters. The molecule has 1 fully saturated rings. The van der Waals surface area contributed by atoms with Crippen LogP contribution >= 0.6 is 0 Å². The molecule has 7 nitrogen and oxygen atoms in total. The number of aromatic amines is 1. The second-order valence-electron chi connectivity index (χ2n) is 5.95. The zero-order valence-corrected chi connectivity index (χ0v) is 13.5. The number of nitrogens with one attached hydrogen (secondary N) is 2. The first-order valence-electron chi connectivity index (χ1n) is 7.92. The Hall–Kier alpha value is -2.90. The first-order valence-corrected chi connectivity index (χ1v) is 7.92. The number of carboxylic acid groups (broad SMARTS) is 1. The fourth-order valence-electron chi connectivity index (χ4n) is 3.08. The van der Waals surface area contributed by atoms with Gasteiger partial charge in [0.1, 0.15) is 6.09 Å². The van der Waals surface area contributed by atoms with Crippen LogP contribution < -0.4 is 10.4 Å². The molecular weight excluding hydrogens is 322 g/mol. The number of amides is 1. The van der Waals surface area contributed by atoms with E-state index >= 15 is 0 Å². The molecule has 1 amide bonds. The van der Waals surface area contributed by atoms with Crippen molar-refractivity contribution in [3.05, 3.63) is 59.7 Å². The van der Waals surface area contributed by atoms with Crippen molar-refractivity contribution in [1.29, 1.82) is 0 Å². The number of ether oxygens (including phenoxy) is 2. The van der Waals surface area contributed by atoms with Crippen LogP contribution in [0, 0.1) is 0 Å². The largest absolute Gasteiger partial charge is 0.530 e. The fourth-order valence-corrected chi connectivity index (χ4v) is 3.08. The lowest BCUT2D eigenvalue weighted by molar-refractivity contribution is -0.242. The molecule has 0 saturated carbocycles. The molecule has 1 aromatic heterocycles. The number of hydrogen-bond acceptors (Lipinski definition) is 5. The van der Waals surface area contributed by atoms with Gasteiger partial charge in [0.15, 0.2) is 0 Å². The number of imidazole rings is 1. The molecule has 1 saturated heterocycles. The van der Waals surface area contributed by atoms with E-state index in [2.05, 4.69) is 15.3 Å². The average molecular weight is 338 g/mol. The van der Waals surface area contributed by atoms with Crippen LogP contribution in [0.2, 0.25) is 0 Å². The smallest absolute Gasteiger partial charge is 0.222 e. The molecule has 0 spiro atoms. The lowest BCUT2D eigenvalue weighted by Gasteiger charge is -2.29. The number of nitrogens with zero attached hydrogens (tertiary/aromatic N) is 1. The van der Waals surface area contributed by atoms with Crippen LogP contribution in [0.1, 0.15) is 18.1 Å². The molecule has 2 atom stereocenters. The molecular formula is C18H16N3O4-. The Morgan fingerprint density at radius 1 is 1.28 bits per heavy atom. The van der Waals surface area contributed by atoms with E-state index in [9.17, 15) is 9.90 Å². The van der Waals surface area contributed by atoms with Crippen molar-refractivity contribution in [2.24, 2.45) is 0 Å². The van der Waals surface area contributed by atoms with Gasteiger partial charge in [0.05, 0.1) is 23.7 Å². The second-order valence-corrected chi connectivity index (χ2v) is 5.95. The zero-order valence-electron chi connectivity index (χ0n) is 13.5. The Labute approximate surface area is 143 Å². The van der Waals surface area contributed by atoms with Gasteiger partial charge >= 0.3 is 0 Å². The zero-order chi connectivity index (χ0) is 17.4. The fraction of sp³-hybridized carbons (Fsp3) is 0.222. The van der Waals surface area contributed by atoms with Gasteiger partial charge in [0.2, 0.25) is 11.7 Å². The first-order chi connectivity index (χ1) is 12.1. The highest BCUT2D eigenvalue weighted by atomic mass is 16.7. The van der Waals surface area contributed by atoms with Gasteiger partial charge in [-0.1, -0.05) is 36.4 Å². The molecule has 0 radical (unpaired) electrons. The monoisotopic (exact) mass is 338 g/mol. The van der Waals surface area contributed by atoms with Crippen LogP contribution in [0.3, 0.4) is 0 Å². The Kier molecular flexibility index (Phi) is 3.67. The summed E-state index contributed by atoms with van der Waals surface area (Å²) in [4.78, 5) is 17.7. The summed E-state index contributed by atoms with van der Waals surface area (Å²) in [5, 5.41) is 12.8. The van der Waals surface area contributed by atoms with E-state index in [4.69, 9.17) is 9.47 Å². The molecule has 0 bridgehead atoms. The SMILES string of the molecule is CC1COC(c2ccccc2)(c2ccc3nc(NC(=O)[O-])[nH]c3c2)O1.